The van der Waals surface area contributed by atoms with Crippen LogP contribution in [-0.2, 0) is 4.79 Å². The highest BCUT2D eigenvalue weighted by Gasteiger charge is 2.17. The number of amides is 1. The molecule has 0 radical (unpaired) electrons. The lowest BCUT2D eigenvalue weighted by Gasteiger charge is -2.07. The Kier molecular flexibility index (Phi) is 3.29. The van der Waals surface area contributed by atoms with E-state index in [1.165, 1.54) is 30.4 Å². The molecule has 0 aliphatic rings. The molecule has 1 aromatic heterocycles. The lowest BCUT2D eigenvalue weighted by Crippen LogP contribution is -2.37. The van der Waals surface area contributed by atoms with Gasteiger partial charge >= 0.3 is 5.97 Å². The molecule has 0 fully saturated rings. The molecule has 1 aromatic carbocycles. The van der Waals surface area contributed by atoms with Gasteiger partial charge < -0.3 is 10.4 Å². The first-order chi connectivity index (χ1) is 8.47. The molecule has 0 aliphatic carbocycles. The summed E-state index contributed by atoms with van der Waals surface area (Å²) in [7, 11) is 0. The molecule has 0 saturated carbocycles. The molecule has 1 amide bonds. The Morgan fingerprint density at radius 3 is 2.78 bits per heavy atom. The SMILES string of the molecule is C[C@H](NC(=O)c1cc2cc(F)ccc2s1)C(=O)O. The van der Waals surface area contributed by atoms with Crippen LogP contribution in [0, 0.1) is 5.82 Å². The van der Waals surface area contributed by atoms with Crippen molar-refractivity contribution >= 4 is 33.3 Å². The quantitative estimate of drug-likeness (QED) is 0.896. The molecule has 2 aromatic rings. The summed E-state index contributed by atoms with van der Waals surface area (Å²) in [6, 6.07) is 4.84. The number of thiophene rings is 1. The maximum Gasteiger partial charge on any atom is 0.325 e. The number of aliphatic carboxylic acids is 1. The van der Waals surface area contributed by atoms with Gasteiger partial charge in [0.2, 0.25) is 0 Å². The molecule has 2 rings (SSSR count). The Labute approximate surface area is 106 Å². The molecule has 94 valence electrons. The molecule has 0 unspecified atom stereocenters. The van der Waals surface area contributed by atoms with Crippen molar-refractivity contribution < 1.29 is 19.1 Å². The normalized spacial score (nSPS) is 12.3. The van der Waals surface area contributed by atoms with E-state index in [0.29, 0.717) is 10.3 Å². The fourth-order valence-electron chi connectivity index (χ4n) is 1.46. The van der Waals surface area contributed by atoms with Crippen molar-refractivity contribution in [1.82, 2.24) is 5.32 Å². The first kappa shape index (κ1) is 12.5. The standard InChI is InChI=1S/C12H10FNO3S/c1-6(12(16)17)14-11(15)10-5-7-4-8(13)2-3-9(7)18-10/h2-6H,1H3,(H,14,15)(H,16,17)/t6-/m0/s1. The summed E-state index contributed by atoms with van der Waals surface area (Å²) in [6.07, 6.45) is 0. The highest BCUT2D eigenvalue weighted by Crippen LogP contribution is 2.26. The van der Waals surface area contributed by atoms with E-state index in [2.05, 4.69) is 5.32 Å². The van der Waals surface area contributed by atoms with Gasteiger partial charge in [0.25, 0.3) is 5.91 Å². The van der Waals surface area contributed by atoms with E-state index in [-0.39, 0.29) is 5.82 Å². The summed E-state index contributed by atoms with van der Waals surface area (Å²) in [5.74, 6) is -1.94. The maximum absolute atomic E-state index is 13.0. The summed E-state index contributed by atoms with van der Waals surface area (Å²) in [5, 5.41) is 11.7. The fourth-order valence-corrected chi connectivity index (χ4v) is 2.40. The molecule has 0 aliphatic heterocycles. The zero-order valence-electron chi connectivity index (χ0n) is 9.44. The van der Waals surface area contributed by atoms with Gasteiger partial charge in [-0.15, -0.1) is 11.3 Å². The van der Waals surface area contributed by atoms with Crippen LogP contribution in [0.2, 0.25) is 0 Å². The van der Waals surface area contributed by atoms with E-state index < -0.39 is 17.9 Å². The van der Waals surface area contributed by atoms with Gasteiger partial charge in [0.05, 0.1) is 4.88 Å². The van der Waals surface area contributed by atoms with E-state index in [1.807, 2.05) is 0 Å². The summed E-state index contributed by atoms with van der Waals surface area (Å²) < 4.78 is 13.8. The number of halogens is 1. The van der Waals surface area contributed by atoms with Crippen molar-refractivity contribution in [3.8, 4) is 0 Å². The number of fused-ring (bicyclic) bond motifs is 1. The van der Waals surface area contributed by atoms with Gasteiger partial charge in [0.1, 0.15) is 11.9 Å². The second kappa shape index (κ2) is 4.73. The number of carbonyl (C=O) groups is 2. The predicted molar refractivity (Wildman–Crippen MR) is 66.3 cm³/mol. The molecular weight excluding hydrogens is 257 g/mol. The lowest BCUT2D eigenvalue weighted by atomic mass is 10.2. The van der Waals surface area contributed by atoms with Crippen LogP contribution >= 0.6 is 11.3 Å². The van der Waals surface area contributed by atoms with Crippen molar-refractivity contribution in [2.45, 2.75) is 13.0 Å². The Hall–Kier alpha value is -1.95. The Bertz CT molecular complexity index is 623. The highest BCUT2D eigenvalue weighted by atomic mass is 32.1. The van der Waals surface area contributed by atoms with Gasteiger partial charge in [-0.1, -0.05) is 0 Å². The van der Waals surface area contributed by atoms with Crippen LogP contribution in [0.3, 0.4) is 0 Å². The summed E-state index contributed by atoms with van der Waals surface area (Å²) >= 11 is 1.20. The van der Waals surface area contributed by atoms with Crippen LogP contribution in [0.4, 0.5) is 4.39 Å². The van der Waals surface area contributed by atoms with Crippen molar-refractivity contribution in [2.75, 3.05) is 0 Å². The maximum atomic E-state index is 13.0. The number of nitrogens with one attached hydrogen (secondary N) is 1. The van der Waals surface area contributed by atoms with E-state index in [0.717, 1.165) is 4.70 Å². The fraction of sp³-hybridized carbons (Fsp3) is 0.167. The minimum atomic E-state index is -1.10. The smallest absolute Gasteiger partial charge is 0.325 e. The van der Waals surface area contributed by atoms with Gasteiger partial charge in [-0.2, -0.15) is 0 Å². The van der Waals surface area contributed by atoms with Crippen LogP contribution in [0.25, 0.3) is 10.1 Å². The zero-order chi connectivity index (χ0) is 13.3. The average Bonchev–Trinajstić information content (AvgIpc) is 2.71. The van der Waals surface area contributed by atoms with Crippen molar-refractivity contribution in [1.29, 1.82) is 0 Å². The molecule has 0 spiro atoms. The number of carbonyl (C=O) groups excluding carboxylic acids is 1. The molecule has 4 nitrogen and oxygen atoms in total. The van der Waals surface area contributed by atoms with E-state index in [4.69, 9.17) is 5.11 Å². The molecule has 1 atom stereocenters. The third-order valence-corrected chi connectivity index (χ3v) is 3.54. The predicted octanol–water partition coefficient (Wildman–Crippen LogP) is 2.24. The summed E-state index contributed by atoms with van der Waals surface area (Å²) in [5.41, 5.74) is 0. The van der Waals surface area contributed by atoms with Crippen LogP contribution in [-0.4, -0.2) is 23.0 Å². The number of benzene rings is 1. The first-order valence-corrected chi connectivity index (χ1v) is 6.02. The summed E-state index contributed by atoms with van der Waals surface area (Å²) in [6.45, 7) is 1.38. The Balaban J connectivity index is 2.26. The summed E-state index contributed by atoms with van der Waals surface area (Å²) in [4.78, 5) is 22.7. The molecule has 0 saturated heterocycles. The van der Waals surface area contributed by atoms with Gasteiger partial charge in [0, 0.05) is 4.70 Å². The van der Waals surface area contributed by atoms with Gasteiger partial charge in [0.15, 0.2) is 0 Å². The largest absolute Gasteiger partial charge is 0.480 e. The second-order valence-electron chi connectivity index (χ2n) is 3.83. The monoisotopic (exact) mass is 267 g/mol. The minimum absolute atomic E-state index is 0.365. The number of carboxylic acid groups (broad SMARTS) is 1. The third-order valence-electron chi connectivity index (χ3n) is 2.42. The van der Waals surface area contributed by atoms with Gasteiger partial charge in [-0.25, -0.2) is 4.39 Å². The van der Waals surface area contributed by atoms with E-state index >= 15 is 0 Å². The molecule has 0 bridgehead atoms. The lowest BCUT2D eigenvalue weighted by molar-refractivity contribution is -0.138. The number of hydrogen-bond acceptors (Lipinski definition) is 3. The van der Waals surface area contributed by atoms with Gasteiger partial charge in [-0.05, 0) is 36.6 Å². The topological polar surface area (TPSA) is 66.4 Å². The van der Waals surface area contributed by atoms with Crippen molar-refractivity contribution in [3.05, 3.63) is 35.0 Å². The molecule has 6 heteroatoms. The van der Waals surface area contributed by atoms with Gasteiger partial charge in [-0.3, -0.25) is 9.59 Å². The highest BCUT2D eigenvalue weighted by molar-refractivity contribution is 7.20. The van der Waals surface area contributed by atoms with Crippen LogP contribution in [0.1, 0.15) is 16.6 Å². The molecule has 1 heterocycles. The minimum Gasteiger partial charge on any atom is -0.480 e. The number of hydrogen-bond donors (Lipinski definition) is 2. The van der Waals surface area contributed by atoms with E-state index in [9.17, 15) is 14.0 Å². The Morgan fingerprint density at radius 2 is 2.11 bits per heavy atom. The average molecular weight is 267 g/mol. The third kappa shape index (κ3) is 2.48. The first-order valence-electron chi connectivity index (χ1n) is 5.20. The number of rotatable bonds is 3. The van der Waals surface area contributed by atoms with Crippen LogP contribution in [0.5, 0.6) is 0 Å². The van der Waals surface area contributed by atoms with Crippen molar-refractivity contribution in [3.63, 3.8) is 0 Å². The second-order valence-corrected chi connectivity index (χ2v) is 4.91. The van der Waals surface area contributed by atoms with Crippen LogP contribution < -0.4 is 5.32 Å². The number of carboxylic acids is 1. The Morgan fingerprint density at radius 1 is 1.39 bits per heavy atom. The van der Waals surface area contributed by atoms with E-state index in [1.54, 1.807) is 12.1 Å². The van der Waals surface area contributed by atoms with Crippen molar-refractivity contribution in [2.24, 2.45) is 0 Å². The molecule has 18 heavy (non-hydrogen) atoms. The zero-order valence-corrected chi connectivity index (χ0v) is 10.3. The molecular formula is C12H10FNO3S. The van der Waals surface area contributed by atoms with Crippen LogP contribution in [0.15, 0.2) is 24.3 Å². The molecule has 2 N–H and O–H groups in total.